The number of nitro groups is 1. The molecule has 2 aromatic carbocycles. The molecule has 0 bridgehead atoms. The molecule has 126 valence electrons. The van der Waals surface area contributed by atoms with Crippen LogP contribution in [0.2, 0.25) is 0 Å². The molecule has 0 atom stereocenters. The monoisotopic (exact) mass is 330 g/mol. The van der Waals surface area contributed by atoms with Gasteiger partial charge in [-0.25, -0.2) is 0 Å². The van der Waals surface area contributed by atoms with Crippen molar-refractivity contribution in [3.05, 3.63) is 57.6 Å². The Balaban J connectivity index is 2.09. The Morgan fingerprint density at radius 1 is 1.21 bits per heavy atom. The van der Waals surface area contributed by atoms with Crippen LogP contribution >= 0.6 is 0 Å². The fourth-order valence-corrected chi connectivity index (χ4v) is 2.00. The Hall–Kier alpha value is -3.09. The number of phenolic OH excluding ortho intramolecular Hbond substituents is 2. The van der Waals surface area contributed by atoms with Gasteiger partial charge < -0.3 is 14.9 Å². The second-order valence-electron chi connectivity index (χ2n) is 5.11. The fraction of sp³-hybridized carbons (Fsp3) is 0.235. The molecule has 0 saturated heterocycles. The van der Waals surface area contributed by atoms with Gasteiger partial charge >= 0.3 is 0 Å². The topological polar surface area (TPSA) is 105 Å². The molecule has 0 unspecified atom stereocenters. The van der Waals surface area contributed by atoms with Crippen LogP contribution in [-0.4, -0.2) is 28.0 Å². The second kappa shape index (κ2) is 7.96. The lowest BCUT2D eigenvalue weighted by atomic mass is 10.1. The lowest BCUT2D eigenvalue weighted by Crippen LogP contribution is -1.95. The fourth-order valence-electron chi connectivity index (χ4n) is 2.00. The third-order valence-corrected chi connectivity index (χ3v) is 3.24. The third kappa shape index (κ3) is 4.45. The molecule has 0 aliphatic rings. The van der Waals surface area contributed by atoms with Gasteiger partial charge in [0, 0.05) is 35.5 Å². The van der Waals surface area contributed by atoms with E-state index in [0.29, 0.717) is 23.5 Å². The van der Waals surface area contributed by atoms with Crippen LogP contribution in [0.25, 0.3) is 0 Å². The van der Waals surface area contributed by atoms with Crippen molar-refractivity contribution in [1.82, 2.24) is 0 Å². The normalized spacial score (nSPS) is 10.9. The van der Waals surface area contributed by atoms with Gasteiger partial charge in [-0.2, -0.15) is 0 Å². The van der Waals surface area contributed by atoms with E-state index in [1.54, 1.807) is 12.1 Å². The predicted octanol–water partition coefficient (Wildman–Crippen LogP) is 3.41. The van der Waals surface area contributed by atoms with Crippen molar-refractivity contribution in [2.24, 2.45) is 4.99 Å². The molecule has 0 amide bonds. The smallest absolute Gasteiger partial charge is 0.270 e. The first-order valence-corrected chi connectivity index (χ1v) is 7.43. The average molecular weight is 330 g/mol. The zero-order valence-corrected chi connectivity index (χ0v) is 13.2. The number of rotatable bonds is 7. The number of nitrogens with zero attached hydrogens (tertiary/aromatic N) is 2. The van der Waals surface area contributed by atoms with E-state index in [4.69, 9.17) is 4.74 Å². The Kier molecular flexibility index (Phi) is 5.73. The zero-order chi connectivity index (χ0) is 17.5. The van der Waals surface area contributed by atoms with Crippen LogP contribution < -0.4 is 4.74 Å². The Morgan fingerprint density at radius 3 is 2.67 bits per heavy atom. The maximum absolute atomic E-state index is 10.8. The zero-order valence-electron chi connectivity index (χ0n) is 13.2. The van der Waals surface area contributed by atoms with E-state index in [1.807, 2.05) is 6.92 Å². The summed E-state index contributed by atoms with van der Waals surface area (Å²) in [6.07, 6.45) is 2.31. The number of nitro benzene ring substituents is 1. The molecule has 2 aromatic rings. The predicted molar refractivity (Wildman–Crippen MR) is 90.0 cm³/mol. The van der Waals surface area contributed by atoms with Gasteiger partial charge in [-0.15, -0.1) is 0 Å². The van der Waals surface area contributed by atoms with E-state index in [1.165, 1.54) is 30.5 Å². The summed E-state index contributed by atoms with van der Waals surface area (Å²) >= 11 is 0. The molecular formula is C17H18N2O5. The molecule has 0 spiro atoms. The minimum atomic E-state index is -0.534. The van der Waals surface area contributed by atoms with Crippen LogP contribution in [0.1, 0.15) is 24.5 Å². The SMILES string of the molecule is CCCOc1ccc(C=NCc2cc([N+](=O)[O-])ccc2O)c(O)c1. The molecule has 0 aromatic heterocycles. The van der Waals surface area contributed by atoms with Gasteiger partial charge in [-0.1, -0.05) is 6.92 Å². The molecule has 0 fully saturated rings. The maximum atomic E-state index is 10.8. The molecule has 7 heteroatoms. The quantitative estimate of drug-likeness (QED) is 0.460. The van der Waals surface area contributed by atoms with Gasteiger partial charge in [-0.05, 0) is 24.6 Å². The maximum Gasteiger partial charge on any atom is 0.270 e. The highest BCUT2D eigenvalue weighted by molar-refractivity contribution is 5.83. The number of aliphatic imine (C=N–C) groups is 1. The number of benzene rings is 2. The van der Waals surface area contributed by atoms with E-state index in [2.05, 4.69) is 4.99 Å². The summed E-state index contributed by atoms with van der Waals surface area (Å²) in [5.41, 5.74) is 0.713. The van der Waals surface area contributed by atoms with Gasteiger partial charge in [0.2, 0.25) is 0 Å². The minimum absolute atomic E-state index is 0.0237. The molecule has 7 nitrogen and oxygen atoms in total. The first-order valence-electron chi connectivity index (χ1n) is 7.43. The van der Waals surface area contributed by atoms with Crippen LogP contribution in [0.4, 0.5) is 5.69 Å². The summed E-state index contributed by atoms with van der Waals surface area (Å²) in [6, 6.07) is 8.65. The van der Waals surface area contributed by atoms with E-state index in [9.17, 15) is 20.3 Å². The van der Waals surface area contributed by atoms with Crippen LogP contribution in [-0.2, 0) is 6.54 Å². The first-order chi connectivity index (χ1) is 11.5. The number of hydrogen-bond acceptors (Lipinski definition) is 6. The van der Waals surface area contributed by atoms with Crippen LogP contribution in [0.3, 0.4) is 0 Å². The molecule has 0 aliphatic carbocycles. The summed E-state index contributed by atoms with van der Waals surface area (Å²) in [5.74, 6) is 0.531. The molecular weight excluding hydrogens is 312 g/mol. The number of phenols is 2. The summed E-state index contributed by atoms with van der Waals surface area (Å²) in [6.45, 7) is 2.62. The summed E-state index contributed by atoms with van der Waals surface area (Å²) in [5, 5.41) is 30.4. The van der Waals surface area contributed by atoms with Crippen molar-refractivity contribution in [1.29, 1.82) is 0 Å². The summed E-state index contributed by atoms with van der Waals surface area (Å²) in [4.78, 5) is 14.3. The number of non-ortho nitro benzene ring substituents is 1. The second-order valence-corrected chi connectivity index (χ2v) is 5.11. The molecule has 0 heterocycles. The average Bonchev–Trinajstić information content (AvgIpc) is 2.56. The van der Waals surface area contributed by atoms with Gasteiger partial charge in [0.25, 0.3) is 5.69 Å². The largest absolute Gasteiger partial charge is 0.508 e. The lowest BCUT2D eigenvalue weighted by molar-refractivity contribution is -0.384. The molecule has 24 heavy (non-hydrogen) atoms. The Bertz CT molecular complexity index is 759. The van der Waals surface area contributed by atoms with E-state index < -0.39 is 4.92 Å². The van der Waals surface area contributed by atoms with Crippen molar-refractivity contribution in [3.8, 4) is 17.2 Å². The molecule has 2 N–H and O–H groups in total. The van der Waals surface area contributed by atoms with E-state index in [0.717, 1.165) is 6.42 Å². The van der Waals surface area contributed by atoms with E-state index in [-0.39, 0.29) is 23.7 Å². The van der Waals surface area contributed by atoms with Gasteiger partial charge in [-0.3, -0.25) is 15.1 Å². The van der Waals surface area contributed by atoms with Crippen LogP contribution in [0.15, 0.2) is 41.4 Å². The van der Waals surface area contributed by atoms with Gasteiger partial charge in [0.15, 0.2) is 0 Å². The first kappa shape index (κ1) is 17.3. The van der Waals surface area contributed by atoms with E-state index >= 15 is 0 Å². The molecule has 0 aliphatic heterocycles. The Morgan fingerprint density at radius 2 is 2.00 bits per heavy atom. The number of hydrogen-bond donors (Lipinski definition) is 2. The van der Waals surface area contributed by atoms with Crippen molar-refractivity contribution < 1.29 is 19.9 Å². The highest BCUT2D eigenvalue weighted by Crippen LogP contribution is 2.25. The molecule has 0 saturated carbocycles. The summed E-state index contributed by atoms with van der Waals surface area (Å²) < 4.78 is 5.41. The van der Waals surface area contributed by atoms with Gasteiger partial charge in [0.1, 0.15) is 17.2 Å². The van der Waals surface area contributed by atoms with Crippen LogP contribution in [0.5, 0.6) is 17.2 Å². The highest BCUT2D eigenvalue weighted by Gasteiger charge is 2.09. The number of aromatic hydroxyl groups is 2. The van der Waals surface area contributed by atoms with Crippen molar-refractivity contribution in [2.45, 2.75) is 19.9 Å². The van der Waals surface area contributed by atoms with Crippen molar-refractivity contribution >= 4 is 11.9 Å². The molecule has 0 radical (unpaired) electrons. The highest BCUT2D eigenvalue weighted by atomic mass is 16.6. The van der Waals surface area contributed by atoms with Crippen molar-refractivity contribution in [3.63, 3.8) is 0 Å². The Labute approximate surface area is 139 Å². The standard InChI is InChI=1S/C17H18N2O5/c1-2-7-24-15-5-3-12(17(21)9-15)10-18-11-13-8-14(19(22)23)4-6-16(13)20/h3-6,8-10,20-21H,2,7,11H2,1H3. The number of ether oxygens (including phenoxy) is 1. The van der Waals surface area contributed by atoms with Gasteiger partial charge in [0.05, 0.1) is 18.1 Å². The van der Waals surface area contributed by atoms with Crippen LogP contribution in [0, 0.1) is 10.1 Å². The molecule has 2 rings (SSSR count). The third-order valence-electron chi connectivity index (χ3n) is 3.24. The van der Waals surface area contributed by atoms with Crippen molar-refractivity contribution in [2.75, 3.05) is 6.61 Å². The lowest BCUT2D eigenvalue weighted by Gasteiger charge is -2.06. The minimum Gasteiger partial charge on any atom is -0.508 e. The summed E-state index contributed by atoms with van der Waals surface area (Å²) in [7, 11) is 0.